The van der Waals surface area contributed by atoms with Crippen molar-refractivity contribution >= 4 is 17.7 Å². The predicted octanol–water partition coefficient (Wildman–Crippen LogP) is 6.37. The van der Waals surface area contributed by atoms with Gasteiger partial charge in [-0.15, -0.1) is 0 Å². The molecule has 1 aliphatic carbocycles. The number of rotatable bonds is 8. The molecule has 0 aromatic heterocycles. The molecule has 198 valence electrons. The Kier molecular flexibility index (Phi) is 8.51. The van der Waals surface area contributed by atoms with Crippen molar-refractivity contribution in [1.29, 1.82) is 0 Å². The van der Waals surface area contributed by atoms with Gasteiger partial charge in [0.15, 0.2) is 0 Å². The number of amides is 1. The molecular formula is C32H35FN2O3. The number of hydrogen-bond donors (Lipinski definition) is 1. The van der Waals surface area contributed by atoms with E-state index in [0.29, 0.717) is 12.6 Å². The molecule has 0 bridgehead atoms. The lowest BCUT2D eigenvalue weighted by molar-refractivity contribution is -0.112. The zero-order valence-electron chi connectivity index (χ0n) is 21.9. The third-order valence-electron chi connectivity index (χ3n) is 7.41. The molecule has 0 radical (unpaired) electrons. The number of halogens is 1. The Balaban J connectivity index is 1.21. The molecule has 1 amide bonds. The Morgan fingerprint density at radius 3 is 2.50 bits per heavy atom. The lowest BCUT2D eigenvalue weighted by atomic mass is 10.0. The number of benzene rings is 3. The van der Waals surface area contributed by atoms with E-state index in [4.69, 9.17) is 9.47 Å². The van der Waals surface area contributed by atoms with Crippen LogP contribution in [-0.2, 0) is 29.1 Å². The van der Waals surface area contributed by atoms with Crippen LogP contribution in [0.25, 0.3) is 6.08 Å². The van der Waals surface area contributed by atoms with Gasteiger partial charge in [0, 0.05) is 37.1 Å². The van der Waals surface area contributed by atoms with E-state index < -0.39 is 0 Å². The second kappa shape index (κ2) is 12.4. The highest BCUT2D eigenvalue weighted by Crippen LogP contribution is 2.28. The Hall–Kier alpha value is -3.48. The molecule has 1 aliphatic heterocycles. The lowest BCUT2D eigenvalue weighted by Crippen LogP contribution is -2.36. The van der Waals surface area contributed by atoms with Crippen LogP contribution in [0.1, 0.15) is 47.9 Å². The van der Waals surface area contributed by atoms with E-state index in [1.54, 1.807) is 12.1 Å². The van der Waals surface area contributed by atoms with E-state index in [0.717, 1.165) is 80.0 Å². The number of fused-ring (bicyclic) bond motifs is 1. The summed E-state index contributed by atoms with van der Waals surface area (Å²) in [7, 11) is 2.17. The number of nitrogens with one attached hydrogen (secondary N) is 1. The fourth-order valence-electron chi connectivity index (χ4n) is 5.13. The van der Waals surface area contributed by atoms with Crippen LogP contribution >= 0.6 is 0 Å². The number of aryl methyl sites for hydroxylation is 1. The van der Waals surface area contributed by atoms with Crippen LogP contribution in [-0.4, -0.2) is 37.1 Å². The van der Waals surface area contributed by atoms with Gasteiger partial charge in [-0.25, -0.2) is 4.39 Å². The summed E-state index contributed by atoms with van der Waals surface area (Å²) in [5.74, 6) is 0.402. The zero-order valence-corrected chi connectivity index (χ0v) is 21.9. The van der Waals surface area contributed by atoms with Gasteiger partial charge in [-0.3, -0.25) is 9.69 Å². The van der Waals surface area contributed by atoms with Gasteiger partial charge >= 0.3 is 0 Å². The minimum atomic E-state index is -0.260. The first-order valence-corrected chi connectivity index (χ1v) is 13.4. The number of anilines is 1. The lowest BCUT2D eigenvalue weighted by Gasteiger charge is -2.31. The van der Waals surface area contributed by atoms with Gasteiger partial charge in [-0.1, -0.05) is 30.3 Å². The Labute approximate surface area is 224 Å². The maximum atomic E-state index is 13.2. The molecule has 1 saturated heterocycles. The molecule has 6 heteroatoms. The van der Waals surface area contributed by atoms with Gasteiger partial charge < -0.3 is 14.8 Å². The van der Waals surface area contributed by atoms with Gasteiger partial charge in [0.2, 0.25) is 0 Å². The summed E-state index contributed by atoms with van der Waals surface area (Å²) in [6.45, 7) is 2.92. The van der Waals surface area contributed by atoms with Crippen LogP contribution in [0, 0.1) is 5.82 Å². The van der Waals surface area contributed by atoms with Crippen molar-refractivity contribution in [3.05, 3.63) is 100 Å². The zero-order chi connectivity index (χ0) is 26.3. The van der Waals surface area contributed by atoms with E-state index in [2.05, 4.69) is 35.5 Å². The van der Waals surface area contributed by atoms with Gasteiger partial charge in [0.1, 0.15) is 18.2 Å². The fraction of sp³-hybridized carbons (Fsp3) is 0.344. The minimum Gasteiger partial charge on any atom is -0.489 e. The van der Waals surface area contributed by atoms with Crippen molar-refractivity contribution in [2.24, 2.45) is 0 Å². The van der Waals surface area contributed by atoms with Crippen LogP contribution in [0.5, 0.6) is 5.75 Å². The minimum absolute atomic E-state index is 0.0671. The van der Waals surface area contributed by atoms with Crippen LogP contribution in [0.15, 0.2) is 72.3 Å². The van der Waals surface area contributed by atoms with E-state index >= 15 is 0 Å². The Morgan fingerprint density at radius 2 is 1.74 bits per heavy atom. The van der Waals surface area contributed by atoms with Gasteiger partial charge in [-0.2, -0.15) is 0 Å². The highest BCUT2D eigenvalue weighted by atomic mass is 19.1. The molecule has 5 nitrogen and oxygen atoms in total. The molecule has 0 atom stereocenters. The summed E-state index contributed by atoms with van der Waals surface area (Å²) < 4.78 is 24.6. The van der Waals surface area contributed by atoms with Crippen LogP contribution in [0.2, 0.25) is 0 Å². The quantitative estimate of drug-likeness (QED) is 0.379. The second-order valence-corrected chi connectivity index (χ2v) is 10.2. The summed E-state index contributed by atoms with van der Waals surface area (Å²) in [4.78, 5) is 15.6. The fourth-order valence-corrected chi connectivity index (χ4v) is 5.13. The van der Waals surface area contributed by atoms with E-state index in [-0.39, 0.29) is 11.7 Å². The summed E-state index contributed by atoms with van der Waals surface area (Å²) in [5, 5.41) is 3.08. The van der Waals surface area contributed by atoms with Gasteiger partial charge in [0.05, 0.1) is 0 Å². The summed E-state index contributed by atoms with van der Waals surface area (Å²) >= 11 is 0. The standard InChI is InChI=1S/C32H35FN2O3/c1-35(30-15-17-37-18-16-30)21-23-7-12-29(13-8-23)34-32(36)26-4-2-3-25-9-14-31(20-27(25)19-26)38-22-24-5-10-28(33)11-6-24/h5-14,19-20,30H,2-4,15-18,21-22H2,1H3,(H,34,36). The molecule has 1 N–H and O–H groups in total. The van der Waals surface area contributed by atoms with Crippen molar-refractivity contribution in [3.63, 3.8) is 0 Å². The molecule has 3 aromatic rings. The van der Waals surface area contributed by atoms with E-state index in [9.17, 15) is 9.18 Å². The first kappa shape index (κ1) is 26.1. The molecule has 5 rings (SSSR count). The second-order valence-electron chi connectivity index (χ2n) is 10.2. The third-order valence-corrected chi connectivity index (χ3v) is 7.41. The highest BCUT2D eigenvalue weighted by Gasteiger charge is 2.19. The Bertz CT molecular complexity index is 1260. The normalized spacial score (nSPS) is 15.9. The number of ether oxygens (including phenoxy) is 2. The SMILES string of the molecule is CN(Cc1ccc(NC(=O)C2=Cc3cc(OCc4ccc(F)cc4)ccc3CCC2)cc1)C1CCOCC1. The van der Waals surface area contributed by atoms with Crippen molar-refractivity contribution in [3.8, 4) is 5.75 Å². The first-order valence-electron chi connectivity index (χ1n) is 13.4. The highest BCUT2D eigenvalue weighted by molar-refractivity contribution is 6.07. The van der Waals surface area contributed by atoms with Crippen molar-refractivity contribution < 1.29 is 18.7 Å². The molecule has 3 aromatic carbocycles. The summed E-state index contributed by atoms with van der Waals surface area (Å²) in [6.07, 6.45) is 6.69. The number of carbonyl (C=O) groups is 1. The van der Waals surface area contributed by atoms with Gasteiger partial charge in [0.25, 0.3) is 5.91 Å². The first-order chi connectivity index (χ1) is 18.5. The predicted molar refractivity (Wildman–Crippen MR) is 148 cm³/mol. The molecule has 0 saturated carbocycles. The average molecular weight is 515 g/mol. The molecule has 1 fully saturated rings. The molecule has 0 spiro atoms. The summed E-state index contributed by atoms with van der Waals surface area (Å²) in [5.41, 5.74) is 5.92. The monoisotopic (exact) mass is 514 g/mol. The average Bonchev–Trinajstić information content (AvgIpc) is 3.16. The maximum Gasteiger partial charge on any atom is 0.251 e. The number of carbonyl (C=O) groups excluding carboxylic acids is 1. The van der Waals surface area contributed by atoms with Gasteiger partial charge in [-0.05, 0) is 104 Å². The third kappa shape index (κ3) is 6.88. The number of nitrogens with zero attached hydrogens (tertiary/aromatic N) is 1. The largest absolute Gasteiger partial charge is 0.489 e. The number of hydrogen-bond acceptors (Lipinski definition) is 4. The van der Waals surface area contributed by atoms with Crippen LogP contribution < -0.4 is 10.1 Å². The molecule has 0 unspecified atom stereocenters. The summed E-state index contributed by atoms with van der Waals surface area (Å²) in [6, 6.07) is 21.0. The molecular weight excluding hydrogens is 479 g/mol. The topological polar surface area (TPSA) is 50.8 Å². The van der Waals surface area contributed by atoms with E-state index in [1.807, 2.05) is 30.3 Å². The van der Waals surface area contributed by atoms with E-state index in [1.165, 1.54) is 23.3 Å². The van der Waals surface area contributed by atoms with Crippen LogP contribution in [0.4, 0.5) is 10.1 Å². The Morgan fingerprint density at radius 1 is 1.00 bits per heavy atom. The maximum absolute atomic E-state index is 13.2. The molecule has 2 aliphatic rings. The van der Waals surface area contributed by atoms with Crippen LogP contribution in [0.3, 0.4) is 0 Å². The van der Waals surface area contributed by atoms with Crippen molar-refractivity contribution in [1.82, 2.24) is 4.90 Å². The van der Waals surface area contributed by atoms with Crippen molar-refractivity contribution in [2.45, 2.75) is 51.3 Å². The molecule has 1 heterocycles. The molecule has 38 heavy (non-hydrogen) atoms. The van der Waals surface area contributed by atoms with Crippen molar-refractivity contribution in [2.75, 3.05) is 25.6 Å². The smallest absolute Gasteiger partial charge is 0.251 e.